The van der Waals surface area contributed by atoms with Crippen molar-refractivity contribution in [2.45, 2.75) is 72.4 Å². The molecular formula is C26H36N2O4. The number of rotatable bonds is 4. The number of hydrogen-bond donors (Lipinski definition) is 2. The Kier molecular flexibility index (Phi) is 6.45. The Labute approximate surface area is 191 Å². The molecule has 0 amide bonds. The average Bonchev–Trinajstić information content (AvgIpc) is 3.10. The van der Waals surface area contributed by atoms with Crippen LogP contribution in [0.1, 0.15) is 61.3 Å². The minimum absolute atomic E-state index is 0.155. The maximum absolute atomic E-state index is 12.2. The fourth-order valence-corrected chi connectivity index (χ4v) is 4.95. The van der Waals surface area contributed by atoms with Crippen LogP contribution in [0.15, 0.2) is 58.5 Å². The molecule has 0 aromatic carbocycles. The topological polar surface area (TPSA) is 76.7 Å². The van der Waals surface area contributed by atoms with E-state index in [-0.39, 0.29) is 28.4 Å². The Bertz CT molecular complexity index is 962. The second-order valence-corrected chi connectivity index (χ2v) is 10.1. The van der Waals surface area contributed by atoms with Crippen molar-refractivity contribution in [2.75, 3.05) is 13.2 Å². The summed E-state index contributed by atoms with van der Waals surface area (Å²) in [5, 5.41) is 6.98. The Morgan fingerprint density at radius 3 is 2.22 bits per heavy atom. The molecule has 2 aliphatic heterocycles. The molecule has 0 saturated carbocycles. The molecular weight excluding hydrogens is 404 g/mol. The molecule has 6 heteroatoms. The summed E-state index contributed by atoms with van der Waals surface area (Å²) in [6, 6.07) is 0. The number of carbonyl (C=O) groups excluding carboxylic acids is 2. The molecule has 2 saturated heterocycles. The SMILES string of the molecule is CCOC(=O)/C=C1\NC(C)(C)C\C1=C1\C=CC2(CC(C)(C)N/C2=C\C(=O)OCC)C(C)=C1. The van der Waals surface area contributed by atoms with Crippen LogP contribution in [-0.4, -0.2) is 36.2 Å². The van der Waals surface area contributed by atoms with Crippen molar-refractivity contribution in [3.05, 3.63) is 58.5 Å². The van der Waals surface area contributed by atoms with Gasteiger partial charge in [0.1, 0.15) is 0 Å². The quantitative estimate of drug-likeness (QED) is 0.503. The van der Waals surface area contributed by atoms with Gasteiger partial charge in [0, 0.05) is 34.6 Å². The predicted molar refractivity (Wildman–Crippen MR) is 125 cm³/mol. The fourth-order valence-electron chi connectivity index (χ4n) is 4.95. The van der Waals surface area contributed by atoms with Gasteiger partial charge in [-0.3, -0.25) is 0 Å². The van der Waals surface area contributed by atoms with Gasteiger partial charge in [-0.25, -0.2) is 9.59 Å². The zero-order valence-electron chi connectivity index (χ0n) is 20.3. The normalized spacial score (nSPS) is 30.3. The number of esters is 2. The van der Waals surface area contributed by atoms with Crippen LogP contribution in [0, 0.1) is 5.41 Å². The van der Waals surface area contributed by atoms with Crippen molar-refractivity contribution < 1.29 is 19.1 Å². The highest BCUT2D eigenvalue weighted by molar-refractivity contribution is 5.84. The summed E-state index contributed by atoms with van der Waals surface area (Å²) in [5.74, 6) is -0.678. The number of hydrogen-bond acceptors (Lipinski definition) is 6. The van der Waals surface area contributed by atoms with Crippen molar-refractivity contribution in [3.63, 3.8) is 0 Å². The molecule has 0 bridgehead atoms. The summed E-state index contributed by atoms with van der Waals surface area (Å²) in [6.07, 6.45) is 11.3. The average molecular weight is 441 g/mol. The smallest absolute Gasteiger partial charge is 0.332 e. The van der Waals surface area contributed by atoms with Gasteiger partial charge in [-0.2, -0.15) is 0 Å². The van der Waals surface area contributed by atoms with Gasteiger partial charge in [-0.15, -0.1) is 0 Å². The highest BCUT2D eigenvalue weighted by Gasteiger charge is 2.48. The molecule has 0 aromatic rings. The molecule has 1 spiro atoms. The van der Waals surface area contributed by atoms with Crippen molar-refractivity contribution in [1.29, 1.82) is 0 Å². The van der Waals surface area contributed by atoms with E-state index < -0.39 is 0 Å². The van der Waals surface area contributed by atoms with Gasteiger partial charge in [0.05, 0.1) is 18.6 Å². The fraction of sp³-hybridized carbons (Fsp3) is 0.538. The zero-order chi connectivity index (χ0) is 23.7. The van der Waals surface area contributed by atoms with Gasteiger partial charge in [-0.05, 0) is 72.5 Å². The minimum Gasteiger partial charge on any atom is -0.463 e. The third-order valence-electron chi connectivity index (χ3n) is 6.16. The standard InChI is InChI=1S/C26H36N2O4/c1-8-31-22(29)13-20-19(15-24(4,5)27-20)18-10-11-26(17(3)12-18)16-25(6,7)28-21(26)14-23(30)32-9-2/h10-14,27-28H,8-9,15-16H2,1-7H3/b19-18+,20-13-,21-14-. The predicted octanol–water partition coefficient (Wildman–Crippen LogP) is 4.22. The van der Waals surface area contributed by atoms with Gasteiger partial charge in [0.25, 0.3) is 0 Å². The van der Waals surface area contributed by atoms with Crippen LogP contribution in [-0.2, 0) is 19.1 Å². The lowest BCUT2D eigenvalue weighted by molar-refractivity contribution is -0.138. The molecule has 1 atom stereocenters. The first-order valence-electron chi connectivity index (χ1n) is 11.4. The van der Waals surface area contributed by atoms with Gasteiger partial charge >= 0.3 is 11.9 Å². The Hall–Kier alpha value is -2.76. The van der Waals surface area contributed by atoms with E-state index in [0.29, 0.717) is 13.2 Å². The lowest BCUT2D eigenvalue weighted by Gasteiger charge is -2.31. The van der Waals surface area contributed by atoms with Crippen molar-refractivity contribution >= 4 is 11.9 Å². The molecule has 0 radical (unpaired) electrons. The van der Waals surface area contributed by atoms with Crippen molar-refractivity contribution in [2.24, 2.45) is 5.41 Å². The summed E-state index contributed by atoms with van der Waals surface area (Å²) in [5.41, 5.74) is 4.29. The molecule has 3 aliphatic rings. The Morgan fingerprint density at radius 2 is 1.62 bits per heavy atom. The second-order valence-electron chi connectivity index (χ2n) is 10.1. The van der Waals surface area contributed by atoms with Crippen LogP contribution >= 0.6 is 0 Å². The van der Waals surface area contributed by atoms with E-state index in [9.17, 15) is 9.59 Å². The summed E-state index contributed by atoms with van der Waals surface area (Å²) in [7, 11) is 0. The minimum atomic E-state index is -0.382. The highest BCUT2D eigenvalue weighted by atomic mass is 16.5. The number of nitrogens with one attached hydrogen (secondary N) is 2. The van der Waals surface area contributed by atoms with Crippen LogP contribution < -0.4 is 10.6 Å². The molecule has 2 fully saturated rings. The van der Waals surface area contributed by atoms with Crippen LogP contribution in [0.5, 0.6) is 0 Å². The molecule has 6 nitrogen and oxygen atoms in total. The lowest BCUT2D eigenvalue weighted by atomic mass is 9.70. The van der Waals surface area contributed by atoms with Crippen LogP contribution in [0.4, 0.5) is 0 Å². The third kappa shape index (κ3) is 4.84. The highest BCUT2D eigenvalue weighted by Crippen LogP contribution is 2.51. The maximum atomic E-state index is 12.2. The first kappa shape index (κ1) is 23.9. The van der Waals surface area contributed by atoms with E-state index in [1.165, 1.54) is 0 Å². The van der Waals surface area contributed by atoms with Crippen LogP contribution in [0.3, 0.4) is 0 Å². The van der Waals surface area contributed by atoms with Gasteiger partial charge in [0.2, 0.25) is 0 Å². The molecule has 1 unspecified atom stereocenters. The van der Waals surface area contributed by atoms with Crippen LogP contribution in [0.25, 0.3) is 0 Å². The number of ether oxygens (including phenoxy) is 2. The summed E-state index contributed by atoms with van der Waals surface area (Å²) in [4.78, 5) is 24.4. The Morgan fingerprint density at radius 1 is 1.00 bits per heavy atom. The number of carbonyl (C=O) groups is 2. The summed E-state index contributed by atoms with van der Waals surface area (Å²) in [6.45, 7) is 14.9. The van der Waals surface area contributed by atoms with Gasteiger partial charge in [-0.1, -0.05) is 23.8 Å². The third-order valence-corrected chi connectivity index (χ3v) is 6.16. The van der Waals surface area contributed by atoms with E-state index in [4.69, 9.17) is 9.47 Å². The molecule has 0 aromatic heterocycles. The van der Waals surface area contributed by atoms with Crippen molar-refractivity contribution in [1.82, 2.24) is 10.6 Å². The first-order valence-corrected chi connectivity index (χ1v) is 11.4. The van der Waals surface area contributed by atoms with Crippen LogP contribution in [0.2, 0.25) is 0 Å². The van der Waals surface area contributed by atoms with Gasteiger partial charge < -0.3 is 20.1 Å². The molecule has 174 valence electrons. The van der Waals surface area contributed by atoms with E-state index in [0.717, 1.165) is 41.0 Å². The largest absolute Gasteiger partial charge is 0.463 e. The summed E-state index contributed by atoms with van der Waals surface area (Å²) >= 11 is 0. The number of allylic oxidation sites excluding steroid dienone is 5. The van der Waals surface area contributed by atoms with E-state index >= 15 is 0 Å². The molecule has 2 heterocycles. The van der Waals surface area contributed by atoms with Gasteiger partial charge in [0.15, 0.2) is 0 Å². The van der Waals surface area contributed by atoms with Crippen molar-refractivity contribution in [3.8, 4) is 0 Å². The molecule has 3 rings (SSSR count). The van der Waals surface area contributed by atoms with E-state index in [1.807, 2.05) is 0 Å². The molecule has 32 heavy (non-hydrogen) atoms. The monoisotopic (exact) mass is 440 g/mol. The summed E-state index contributed by atoms with van der Waals surface area (Å²) < 4.78 is 10.3. The lowest BCUT2D eigenvalue weighted by Crippen LogP contribution is -2.31. The Balaban J connectivity index is 2.03. The zero-order valence-corrected chi connectivity index (χ0v) is 20.3. The van der Waals surface area contributed by atoms with E-state index in [1.54, 1.807) is 26.0 Å². The molecule has 1 aliphatic carbocycles. The second kappa shape index (κ2) is 8.64. The first-order chi connectivity index (χ1) is 14.9. The van der Waals surface area contributed by atoms with E-state index in [2.05, 4.69) is 63.5 Å². The maximum Gasteiger partial charge on any atom is 0.332 e. The molecule has 2 N–H and O–H groups in total.